The van der Waals surface area contributed by atoms with Gasteiger partial charge in [0.1, 0.15) is 6.04 Å². The van der Waals surface area contributed by atoms with Gasteiger partial charge in [0.05, 0.1) is 6.54 Å². The lowest BCUT2D eigenvalue weighted by atomic mass is 10.2. The zero-order valence-corrected chi connectivity index (χ0v) is 13.0. The largest absolute Gasteiger partial charge is 0.326 e. The Kier molecular flexibility index (Phi) is 4.87. The van der Waals surface area contributed by atoms with E-state index in [1.54, 1.807) is 11.8 Å². The molecule has 1 N–H and O–H groups in total. The normalized spacial score (nSPS) is 18.8. The lowest BCUT2D eigenvalue weighted by Crippen LogP contribution is -2.31. The molecule has 0 aromatic heterocycles. The molecule has 1 aromatic rings. The molecule has 2 rings (SSSR count). The van der Waals surface area contributed by atoms with Crippen LogP contribution >= 0.6 is 27.7 Å². The Morgan fingerprint density at radius 1 is 1.32 bits per heavy atom. The summed E-state index contributed by atoms with van der Waals surface area (Å²) >= 11 is 5.03. The maximum atomic E-state index is 12.1. The highest BCUT2D eigenvalue weighted by Gasteiger charge is 2.37. The predicted molar refractivity (Wildman–Crippen MR) is 80.0 cm³/mol. The minimum atomic E-state index is -0.365. The number of hydrogen-bond donors (Lipinski definition) is 1. The van der Waals surface area contributed by atoms with E-state index in [2.05, 4.69) is 21.2 Å². The third kappa shape index (κ3) is 3.51. The first kappa shape index (κ1) is 14.4. The summed E-state index contributed by atoms with van der Waals surface area (Å²) in [6, 6.07) is 6.95. The monoisotopic (exact) mass is 342 g/mol. The van der Waals surface area contributed by atoms with E-state index in [1.165, 1.54) is 4.90 Å². The number of amides is 3. The number of urea groups is 1. The number of imide groups is 1. The van der Waals surface area contributed by atoms with E-state index in [0.717, 1.165) is 15.8 Å². The summed E-state index contributed by atoms with van der Waals surface area (Å²) in [7, 11) is 0. The topological polar surface area (TPSA) is 49.4 Å². The van der Waals surface area contributed by atoms with Gasteiger partial charge in [-0.1, -0.05) is 28.1 Å². The second-order valence-electron chi connectivity index (χ2n) is 4.33. The molecule has 0 bridgehead atoms. The van der Waals surface area contributed by atoms with Crippen LogP contribution in [0.25, 0.3) is 0 Å². The number of thioether (sulfide) groups is 1. The Balaban J connectivity index is 2.02. The summed E-state index contributed by atoms with van der Waals surface area (Å²) in [5.74, 6) is 0.741. The van der Waals surface area contributed by atoms with E-state index in [0.29, 0.717) is 13.0 Å². The smallest absolute Gasteiger partial charge is 0.325 e. The van der Waals surface area contributed by atoms with Gasteiger partial charge < -0.3 is 5.32 Å². The molecule has 6 heteroatoms. The molecule has 1 unspecified atom stereocenters. The van der Waals surface area contributed by atoms with Crippen molar-refractivity contribution in [2.75, 3.05) is 12.0 Å². The van der Waals surface area contributed by atoms with Gasteiger partial charge in [0, 0.05) is 4.47 Å². The van der Waals surface area contributed by atoms with Crippen molar-refractivity contribution in [3.63, 3.8) is 0 Å². The number of nitrogens with one attached hydrogen (secondary N) is 1. The maximum absolute atomic E-state index is 12.1. The van der Waals surface area contributed by atoms with Crippen molar-refractivity contribution in [2.24, 2.45) is 0 Å². The highest BCUT2D eigenvalue weighted by molar-refractivity contribution is 9.10. The third-order valence-electron chi connectivity index (χ3n) is 2.97. The minimum Gasteiger partial charge on any atom is -0.326 e. The fraction of sp³-hybridized carbons (Fsp3) is 0.385. The van der Waals surface area contributed by atoms with Crippen molar-refractivity contribution >= 4 is 39.6 Å². The number of carbonyl (C=O) groups is 2. The zero-order valence-electron chi connectivity index (χ0n) is 10.6. The number of rotatable bonds is 5. The predicted octanol–water partition coefficient (Wildman–Crippen LogP) is 2.62. The molecule has 19 heavy (non-hydrogen) atoms. The molecule has 1 heterocycles. The SMILES string of the molecule is CSCCC1NC(=O)N(Cc2ccc(Br)cc2)C1=O. The first-order valence-electron chi connectivity index (χ1n) is 5.97. The molecule has 0 aliphatic carbocycles. The van der Waals surface area contributed by atoms with Crippen LogP contribution in [0, 0.1) is 0 Å². The molecule has 1 saturated heterocycles. The van der Waals surface area contributed by atoms with Gasteiger partial charge in [-0.3, -0.25) is 9.69 Å². The Morgan fingerprint density at radius 2 is 2.00 bits per heavy atom. The van der Waals surface area contributed by atoms with Crippen LogP contribution in [0.4, 0.5) is 4.79 Å². The molecular formula is C13H15BrN2O2S. The van der Waals surface area contributed by atoms with Crippen molar-refractivity contribution in [3.8, 4) is 0 Å². The summed E-state index contributed by atoms with van der Waals surface area (Å²) in [4.78, 5) is 25.2. The van der Waals surface area contributed by atoms with Gasteiger partial charge in [-0.15, -0.1) is 0 Å². The second-order valence-corrected chi connectivity index (χ2v) is 6.24. The Labute approximate surface area is 125 Å². The van der Waals surface area contributed by atoms with Crippen LogP contribution < -0.4 is 5.32 Å². The van der Waals surface area contributed by atoms with E-state index in [9.17, 15) is 9.59 Å². The van der Waals surface area contributed by atoms with Crippen LogP contribution in [-0.4, -0.2) is 34.9 Å². The molecule has 1 aromatic carbocycles. The van der Waals surface area contributed by atoms with Gasteiger partial charge >= 0.3 is 6.03 Å². The summed E-state index contributed by atoms with van der Waals surface area (Å²) in [5.41, 5.74) is 0.942. The molecular weight excluding hydrogens is 328 g/mol. The van der Waals surface area contributed by atoms with Crippen molar-refractivity contribution < 1.29 is 9.59 Å². The Bertz CT molecular complexity index is 478. The number of carbonyl (C=O) groups excluding carboxylic acids is 2. The fourth-order valence-corrected chi connectivity index (χ4v) is 2.67. The first-order valence-corrected chi connectivity index (χ1v) is 8.15. The lowest BCUT2D eigenvalue weighted by molar-refractivity contribution is -0.127. The Morgan fingerprint density at radius 3 is 2.63 bits per heavy atom. The van der Waals surface area contributed by atoms with Crippen molar-refractivity contribution in [1.82, 2.24) is 10.2 Å². The highest BCUT2D eigenvalue weighted by atomic mass is 79.9. The van der Waals surface area contributed by atoms with Crippen LogP contribution in [0.2, 0.25) is 0 Å². The van der Waals surface area contributed by atoms with Gasteiger partial charge in [0.2, 0.25) is 0 Å². The maximum Gasteiger partial charge on any atom is 0.325 e. The highest BCUT2D eigenvalue weighted by Crippen LogP contribution is 2.17. The molecule has 0 saturated carbocycles. The van der Waals surface area contributed by atoms with E-state index in [-0.39, 0.29) is 18.0 Å². The van der Waals surface area contributed by atoms with E-state index < -0.39 is 0 Å². The molecule has 1 fully saturated rings. The van der Waals surface area contributed by atoms with Crippen LogP contribution in [0.3, 0.4) is 0 Å². The summed E-state index contributed by atoms with van der Waals surface area (Å²) < 4.78 is 0.978. The van der Waals surface area contributed by atoms with Gasteiger partial charge in [-0.2, -0.15) is 11.8 Å². The lowest BCUT2D eigenvalue weighted by Gasteiger charge is -2.13. The molecule has 3 amide bonds. The van der Waals surface area contributed by atoms with E-state index in [1.807, 2.05) is 30.5 Å². The van der Waals surface area contributed by atoms with Crippen LogP contribution in [0.5, 0.6) is 0 Å². The summed E-state index contributed by atoms with van der Waals surface area (Å²) in [6.07, 6.45) is 2.67. The van der Waals surface area contributed by atoms with Crippen LogP contribution in [-0.2, 0) is 11.3 Å². The number of benzene rings is 1. The molecule has 1 aliphatic rings. The average Bonchev–Trinajstić information content (AvgIpc) is 2.66. The van der Waals surface area contributed by atoms with Crippen LogP contribution in [0.1, 0.15) is 12.0 Å². The molecule has 4 nitrogen and oxygen atoms in total. The number of nitrogens with zero attached hydrogens (tertiary/aromatic N) is 1. The number of halogens is 1. The molecule has 1 atom stereocenters. The van der Waals surface area contributed by atoms with Gasteiger partial charge in [0.15, 0.2) is 0 Å². The first-order chi connectivity index (χ1) is 9.11. The fourth-order valence-electron chi connectivity index (χ4n) is 1.93. The van der Waals surface area contributed by atoms with E-state index in [4.69, 9.17) is 0 Å². The molecule has 1 aliphatic heterocycles. The number of hydrogen-bond acceptors (Lipinski definition) is 3. The van der Waals surface area contributed by atoms with Gasteiger partial charge in [-0.05, 0) is 36.1 Å². The van der Waals surface area contributed by atoms with Crippen LogP contribution in [0.15, 0.2) is 28.7 Å². The summed E-state index contributed by atoms with van der Waals surface area (Å²) in [6.45, 7) is 0.327. The second kappa shape index (κ2) is 6.43. The summed E-state index contributed by atoms with van der Waals surface area (Å²) in [5, 5.41) is 2.74. The van der Waals surface area contributed by atoms with Crippen molar-refractivity contribution in [3.05, 3.63) is 34.3 Å². The average molecular weight is 343 g/mol. The van der Waals surface area contributed by atoms with Gasteiger partial charge in [-0.25, -0.2) is 4.79 Å². The molecule has 0 spiro atoms. The van der Waals surface area contributed by atoms with Crippen molar-refractivity contribution in [2.45, 2.75) is 19.0 Å². The van der Waals surface area contributed by atoms with Gasteiger partial charge in [0.25, 0.3) is 5.91 Å². The van der Waals surface area contributed by atoms with E-state index >= 15 is 0 Å². The standard InChI is InChI=1S/C13H15BrN2O2S/c1-19-7-6-11-12(17)16(13(18)15-11)8-9-2-4-10(14)5-3-9/h2-5,11H,6-8H2,1H3,(H,15,18). The third-order valence-corrected chi connectivity index (χ3v) is 4.14. The zero-order chi connectivity index (χ0) is 13.8. The minimum absolute atomic E-state index is 0.123. The molecule has 0 radical (unpaired) electrons. The quantitative estimate of drug-likeness (QED) is 0.836. The van der Waals surface area contributed by atoms with Crippen molar-refractivity contribution in [1.29, 1.82) is 0 Å². The Hall–Kier alpha value is -1.01. The molecule has 102 valence electrons.